The number of carbonyl (C=O) groups is 1. The number of methoxy groups -OCH3 is 1. The minimum Gasteiger partial charge on any atom is -0.469 e. The molecule has 4 heteroatoms. The highest BCUT2D eigenvalue weighted by Gasteiger charge is 2.15. The lowest BCUT2D eigenvalue weighted by Gasteiger charge is -2.13. The summed E-state index contributed by atoms with van der Waals surface area (Å²) in [6, 6.07) is 0. The van der Waals surface area contributed by atoms with Gasteiger partial charge < -0.3 is 14.8 Å². The molecular formula is C12H23NO3. The second kappa shape index (κ2) is 7.63. The monoisotopic (exact) mass is 229 g/mol. The van der Waals surface area contributed by atoms with Crippen molar-refractivity contribution in [2.45, 2.75) is 38.7 Å². The van der Waals surface area contributed by atoms with E-state index < -0.39 is 0 Å². The van der Waals surface area contributed by atoms with Crippen LogP contribution in [0.2, 0.25) is 0 Å². The van der Waals surface area contributed by atoms with Crippen molar-refractivity contribution in [2.75, 3.05) is 26.8 Å². The standard InChI is InChI=1S/C12H23NO3/c1-10(12(14)15-2)9-13-7-8-16-11-5-3-4-6-11/h10-11,13H,3-9H2,1-2H3. The Hall–Kier alpha value is -0.610. The molecule has 0 bridgehead atoms. The fraction of sp³-hybridized carbons (Fsp3) is 0.917. The molecule has 0 aliphatic heterocycles. The third-order valence-electron chi connectivity index (χ3n) is 2.99. The van der Waals surface area contributed by atoms with Gasteiger partial charge in [-0.15, -0.1) is 0 Å². The number of rotatable bonds is 7. The van der Waals surface area contributed by atoms with Crippen molar-refractivity contribution in [1.29, 1.82) is 0 Å². The quantitative estimate of drug-likeness (QED) is 0.529. The first-order chi connectivity index (χ1) is 7.74. The topological polar surface area (TPSA) is 47.6 Å². The Morgan fingerprint density at radius 1 is 1.44 bits per heavy atom. The van der Waals surface area contributed by atoms with Gasteiger partial charge in [0, 0.05) is 13.1 Å². The molecule has 0 radical (unpaired) electrons. The molecule has 4 nitrogen and oxygen atoms in total. The van der Waals surface area contributed by atoms with Crippen molar-refractivity contribution in [2.24, 2.45) is 5.92 Å². The molecule has 1 unspecified atom stereocenters. The lowest BCUT2D eigenvalue weighted by atomic mass is 10.2. The molecule has 1 fully saturated rings. The van der Waals surface area contributed by atoms with E-state index >= 15 is 0 Å². The van der Waals surface area contributed by atoms with Crippen LogP contribution in [0.5, 0.6) is 0 Å². The molecule has 1 N–H and O–H groups in total. The number of hydrogen-bond donors (Lipinski definition) is 1. The Labute approximate surface area is 97.7 Å². The van der Waals surface area contributed by atoms with E-state index in [4.69, 9.17) is 4.74 Å². The van der Waals surface area contributed by atoms with Gasteiger partial charge in [0.2, 0.25) is 0 Å². The van der Waals surface area contributed by atoms with Gasteiger partial charge in [-0.3, -0.25) is 4.79 Å². The summed E-state index contributed by atoms with van der Waals surface area (Å²) < 4.78 is 10.3. The van der Waals surface area contributed by atoms with Gasteiger partial charge in [0.25, 0.3) is 0 Å². The van der Waals surface area contributed by atoms with Gasteiger partial charge in [-0.25, -0.2) is 0 Å². The average molecular weight is 229 g/mol. The van der Waals surface area contributed by atoms with E-state index in [0.29, 0.717) is 12.6 Å². The minimum absolute atomic E-state index is 0.0866. The number of nitrogens with one attached hydrogen (secondary N) is 1. The largest absolute Gasteiger partial charge is 0.469 e. The molecule has 0 spiro atoms. The first kappa shape index (κ1) is 13.5. The Kier molecular flexibility index (Phi) is 6.42. The zero-order valence-electron chi connectivity index (χ0n) is 10.3. The van der Waals surface area contributed by atoms with Crippen LogP contribution in [0.3, 0.4) is 0 Å². The van der Waals surface area contributed by atoms with E-state index in [2.05, 4.69) is 10.1 Å². The smallest absolute Gasteiger partial charge is 0.309 e. The van der Waals surface area contributed by atoms with Crippen molar-refractivity contribution in [3.63, 3.8) is 0 Å². The van der Waals surface area contributed by atoms with Crippen LogP contribution in [-0.4, -0.2) is 38.9 Å². The summed E-state index contributed by atoms with van der Waals surface area (Å²) in [6.45, 7) is 4.05. The summed E-state index contributed by atoms with van der Waals surface area (Å²) in [5.41, 5.74) is 0. The summed E-state index contributed by atoms with van der Waals surface area (Å²) in [5, 5.41) is 3.20. The number of esters is 1. The summed E-state index contributed by atoms with van der Waals surface area (Å²) in [4.78, 5) is 11.1. The van der Waals surface area contributed by atoms with Crippen molar-refractivity contribution >= 4 is 5.97 Å². The van der Waals surface area contributed by atoms with Crippen LogP contribution in [0.15, 0.2) is 0 Å². The maximum atomic E-state index is 11.1. The van der Waals surface area contributed by atoms with E-state index in [1.807, 2.05) is 6.92 Å². The van der Waals surface area contributed by atoms with E-state index in [1.165, 1.54) is 32.8 Å². The number of ether oxygens (including phenoxy) is 2. The molecule has 1 aliphatic rings. The maximum absolute atomic E-state index is 11.1. The second-order valence-corrected chi connectivity index (χ2v) is 4.41. The molecular weight excluding hydrogens is 206 g/mol. The van der Waals surface area contributed by atoms with Crippen molar-refractivity contribution in [3.05, 3.63) is 0 Å². The summed E-state index contributed by atoms with van der Waals surface area (Å²) in [5.74, 6) is -0.249. The Bertz CT molecular complexity index is 202. The molecule has 1 aliphatic carbocycles. The highest BCUT2D eigenvalue weighted by atomic mass is 16.5. The fourth-order valence-corrected chi connectivity index (χ4v) is 1.96. The minimum atomic E-state index is -0.163. The summed E-state index contributed by atoms with van der Waals surface area (Å²) in [7, 11) is 1.42. The fourth-order valence-electron chi connectivity index (χ4n) is 1.96. The van der Waals surface area contributed by atoms with E-state index in [1.54, 1.807) is 0 Å². The molecule has 0 aromatic carbocycles. The molecule has 0 amide bonds. The van der Waals surface area contributed by atoms with Crippen molar-refractivity contribution in [1.82, 2.24) is 5.32 Å². The third kappa shape index (κ3) is 4.94. The van der Waals surface area contributed by atoms with Gasteiger partial charge in [0.05, 0.1) is 25.7 Å². The van der Waals surface area contributed by atoms with Crippen molar-refractivity contribution in [3.8, 4) is 0 Å². The molecule has 0 aromatic heterocycles. The van der Waals surface area contributed by atoms with Crippen LogP contribution >= 0.6 is 0 Å². The third-order valence-corrected chi connectivity index (χ3v) is 2.99. The highest BCUT2D eigenvalue weighted by molar-refractivity contribution is 5.71. The van der Waals surface area contributed by atoms with Gasteiger partial charge in [0.1, 0.15) is 0 Å². The molecule has 0 heterocycles. The van der Waals surface area contributed by atoms with Gasteiger partial charge in [-0.1, -0.05) is 19.8 Å². The SMILES string of the molecule is COC(=O)C(C)CNCCOC1CCCC1. The molecule has 16 heavy (non-hydrogen) atoms. The lowest BCUT2D eigenvalue weighted by molar-refractivity contribution is -0.144. The average Bonchev–Trinajstić information content (AvgIpc) is 2.80. The Balaban J connectivity index is 1.92. The van der Waals surface area contributed by atoms with E-state index in [0.717, 1.165) is 13.2 Å². The molecule has 0 saturated heterocycles. The van der Waals surface area contributed by atoms with E-state index in [-0.39, 0.29) is 11.9 Å². The zero-order valence-corrected chi connectivity index (χ0v) is 10.3. The first-order valence-corrected chi connectivity index (χ1v) is 6.14. The predicted octanol–water partition coefficient (Wildman–Crippen LogP) is 1.34. The van der Waals surface area contributed by atoms with E-state index in [9.17, 15) is 4.79 Å². The predicted molar refractivity (Wildman–Crippen MR) is 62.3 cm³/mol. The van der Waals surface area contributed by atoms with Gasteiger partial charge in [-0.2, -0.15) is 0 Å². The van der Waals surface area contributed by atoms with Crippen LogP contribution in [-0.2, 0) is 14.3 Å². The molecule has 94 valence electrons. The second-order valence-electron chi connectivity index (χ2n) is 4.41. The van der Waals surface area contributed by atoms with Crippen molar-refractivity contribution < 1.29 is 14.3 Å². The van der Waals surface area contributed by atoms with Gasteiger partial charge in [0.15, 0.2) is 0 Å². The van der Waals surface area contributed by atoms with Gasteiger partial charge >= 0.3 is 5.97 Å². The molecule has 1 rings (SSSR count). The van der Waals surface area contributed by atoms with Crippen LogP contribution in [0.25, 0.3) is 0 Å². The highest BCUT2D eigenvalue weighted by Crippen LogP contribution is 2.20. The Morgan fingerprint density at radius 3 is 2.75 bits per heavy atom. The first-order valence-electron chi connectivity index (χ1n) is 6.14. The maximum Gasteiger partial charge on any atom is 0.309 e. The van der Waals surface area contributed by atoms with Crippen LogP contribution in [0, 0.1) is 5.92 Å². The van der Waals surface area contributed by atoms with Crippen LogP contribution < -0.4 is 5.32 Å². The normalized spacial score (nSPS) is 18.6. The van der Waals surface area contributed by atoms with Crippen LogP contribution in [0.4, 0.5) is 0 Å². The molecule has 0 aromatic rings. The molecule has 1 saturated carbocycles. The number of carbonyl (C=O) groups excluding carboxylic acids is 1. The zero-order chi connectivity index (χ0) is 11.8. The number of hydrogen-bond acceptors (Lipinski definition) is 4. The molecule has 1 atom stereocenters. The van der Waals surface area contributed by atoms with Crippen LogP contribution in [0.1, 0.15) is 32.6 Å². The summed E-state index contributed by atoms with van der Waals surface area (Å²) >= 11 is 0. The van der Waals surface area contributed by atoms with Gasteiger partial charge in [-0.05, 0) is 12.8 Å². The Morgan fingerprint density at radius 2 is 2.12 bits per heavy atom. The summed E-state index contributed by atoms with van der Waals surface area (Å²) in [6.07, 6.45) is 5.49. The lowest BCUT2D eigenvalue weighted by Crippen LogP contribution is -2.30.